The van der Waals surface area contributed by atoms with Crippen molar-refractivity contribution in [3.63, 3.8) is 0 Å². The first-order valence-corrected chi connectivity index (χ1v) is 14.9. The molecule has 0 aliphatic heterocycles. The molecule has 7 aromatic rings. The van der Waals surface area contributed by atoms with E-state index >= 15 is 0 Å². The summed E-state index contributed by atoms with van der Waals surface area (Å²) in [5.74, 6) is 0. The third-order valence-corrected chi connectivity index (χ3v) is 8.80. The van der Waals surface area contributed by atoms with Crippen LogP contribution in [-0.4, -0.2) is 0 Å². The zero-order valence-corrected chi connectivity index (χ0v) is 24.7. The summed E-state index contributed by atoms with van der Waals surface area (Å²) in [6.45, 7) is 16.7. The minimum atomic E-state index is 1.06. The highest BCUT2D eigenvalue weighted by Gasteiger charge is 2.18. The van der Waals surface area contributed by atoms with Crippen LogP contribution in [0, 0.1) is 0 Å². The van der Waals surface area contributed by atoms with E-state index in [4.69, 9.17) is 0 Å². The van der Waals surface area contributed by atoms with Crippen molar-refractivity contribution in [3.8, 4) is 33.4 Å². The molecule has 0 bridgehead atoms. The lowest BCUT2D eigenvalue weighted by Gasteiger charge is -2.19. The lowest BCUT2D eigenvalue weighted by molar-refractivity contribution is 1.56. The van der Waals surface area contributed by atoms with Crippen LogP contribution in [0.3, 0.4) is 0 Å². The standard InChI is InChI=1S/C44H32/c1-5-29-16-13-22-38(33(29)6-2)42-28-44-40-20-12-11-19-39(40)41(27-43(44)35(8-4)34(42)7-3)32-25-23-31(24-26-32)37-21-14-17-30-15-9-10-18-36(30)37/h5-28H,1-4H2. The highest BCUT2D eigenvalue weighted by Crippen LogP contribution is 2.43. The Balaban J connectivity index is 1.47. The monoisotopic (exact) mass is 560 g/mol. The van der Waals surface area contributed by atoms with Crippen molar-refractivity contribution in [1.82, 2.24) is 0 Å². The van der Waals surface area contributed by atoms with Crippen LogP contribution in [-0.2, 0) is 0 Å². The van der Waals surface area contributed by atoms with Gasteiger partial charge in [0, 0.05) is 0 Å². The minimum Gasteiger partial charge on any atom is -0.0984 e. The molecule has 0 aliphatic rings. The summed E-state index contributed by atoms with van der Waals surface area (Å²) in [4.78, 5) is 0. The fourth-order valence-electron chi connectivity index (χ4n) is 6.72. The molecule has 0 atom stereocenters. The maximum Gasteiger partial charge on any atom is -0.00923 e. The molecule has 0 saturated carbocycles. The molecule has 0 heteroatoms. The number of hydrogen-bond acceptors (Lipinski definition) is 0. The van der Waals surface area contributed by atoms with Crippen molar-refractivity contribution in [2.45, 2.75) is 0 Å². The highest BCUT2D eigenvalue weighted by atomic mass is 14.2. The third kappa shape index (κ3) is 4.32. The smallest absolute Gasteiger partial charge is 0.00923 e. The fraction of sp³-hybridized carbons (Fsp3) is 0. The number of fused-ring (bicyclic) bond motifs is 4. The summed E-state index contributed by atoms with van der Waals surface area (Å²) in [5.41, 5.74) is 11.3. The van der Waals surface area contributed by atoms with Crippen LogP contribution in [0.2, 0.25) is 0 Å². The maximum atomic E-state index is 4.27. The Morgan fingerprint density at radius 3 is 1.61 bits per heavy atom. The SMILES string of the molecule is C=Cc1cccc(-c2cc3c(cc(-c4ccc(-c5cccc6ccccc56)cc4)c4ccccc43)c(C=C)c2C=C)c1C=C. The van der Waals surface area contributed by atoms with Crippen molar-refractivity contribution in [1.29, 1.82) is 0 Å². The zero-order valence-electron chi connectivity index (χ0n) is 24.7. The van der Waals surface area contributed by atoms with Gasteiger partial charge in [-0.1, -0.05) is 160 Å². The summed E-state index contributed by atoms with van der Waals surface area (Å²) in [6, 6.07) is 43.7. The minimum absolute atomic E-state index is 1.06. The van der Waals surface area contributed by atoms with Crippen molar-refractivity contribution in [2.24, 2.45) is 0 Å². The van der Waals surface area contributed by atoms with Gasteiger partial charge in [0.2, 0.25) is 0 Å². The van der Waals surface area contributed by atoms with Gasteiger partial charge in [-0.15, -0.1) is 0 Å². The Labute approximate surface area is 259 Å². The van der Waals surface area contributed by atoms with Crippen LogP contribution in [0.25, 0.3) is 90.0 Å². The summed E-state index contributed by atoms with van der Waals surface area (Å²) in [7, 11) is 0. The number of benzene rings is 7. The van der Waals surface area contributed by atoms with Crippen LogP contribution < -0.4 is 0 Å². The second-order valence-electron chi connectivity index (χ2n) is 11.0. The van der Waals surface area contributed by atoms with Gasteiger partial charge in [0.05, 0.1) is 0 Å². The van der Waals surface area contributed by atoms with Gasteiger partial charge in [0.25, 0.3) is 0 Å². The van der Waals surface area contributed by atoms with Crippen LogP contribution in [0.4, 0.5) is 0 Å². The highest BCUT2D eigenvalue weighted by molar-refractivity contribution is 6.18. The first-order valence-electron chi connectivity index (χ1n) is 14.9. The Bertz CT molecular complexity index is 2270. The second kappa shape index (κ2) is 11.2. The van der Waals surface area contributed by atoms with Gasteiger partial charge < -0.3 is 0 Å². The van der Waals surface area contributed by atoms with Gasteiger partial charge in [-0.2, -0.15) is 0 Å². The summed E-state index contributed by atoms with van der Waals surface area (Å²) in [5, 5.41) is 7.28. The molecule has 7 rings (SSSR count). The third-order valence-electron chi connectivity index (χ3n) is 8.80. The molecule has 0 fully saturated rings. The molecular weight excluding hydrogens is 528 g/mol. The molecule has 0 aromatic heterocycles. The van der Waals surface area contributed by atoms with Crippen LogP contribution >= 0.6 is 0 Å². The van der Waals surface area contributed by atoms with Gasteiger partial charge >= 0.3 is 0 Å². The van der Waals surface area contributed by atoms with Gasteiger partial charge in [-0.3, -0.25) is 0 Å². The Morgan fingerprint density at radius 1 is 0.341 bits per heavy atom. The lowest BCUT2D eigenvalue weighted by atomic mass is 9.84. The van der Waals surface area contributed by atoms with E-state index in [0.29, 0.717) is 0 Å². The molecule has 0 spiro atoms. The first kappa shape index (κ1) is 27.1. The summed E-state index contributed by atoms with van der Waals surface area (Å²) < 4.78 is 0. The maximum absolute atomic E-state index is 4.27. The van der Waals surface area contributed by atoms with Crippen LogP contribution in [0.5, 0.6) is 0 Å². The van der Waals surface area contributed by atoms with Crippen molar-refractivity contribution in [2.75, 3.05) is 0 Å². The van der Waals surface area contributed by atoms with Crippen molar-refractivity contribution < 1.29 is 0 Å². The normalized spacial score (nSPS) is 11.1. The molecule has 0 nitrogen and oxygen atoms in total. The molecule has 44 heavy (non-hydrogen) atoms. The first-order chi connectivity index (χ1) is 21.7. The second-order valence-corrected chi connectivity index (χ2v) is 11.0. The van der Waals surface area contributed by atoms with E-state index in [1.165, 1.54) is 49.2 Å². The average Bonchev–Trinajstić information content (AvgIpc) is 3.09. The van der Waals surface area contributed by atoms with Gasteiger partial charge in [-0.25, -0.2) is 0 Å². The van der Waals surface area contributed by atoms with Crippen LogP contribution in [0.15, 0.2) is 148 Å². The molecular formula is C44H32. The van der Waals surface area contributed by atoms with Crippen molar-refractivity contribution in [3.05, 3.63) is 170 Å². The van der Waals surface area contributed by atoms with E-state index in [9.17, 15) is 0 Å². The number of hydrogen-bond donors (Lipinski definition) is 0. The van der Waals surface area contributed by atoms with Gasteiger partial charge in [0.1, 0.15) is 0 Å². The van der Waals surface area contributed by atoms with E-state index in [1.807, 2.05) is 24.3 Å². The molecule has 0 heterocycles. The molecule has 0 saturated heterocycles. The topological polar surface area (TPSA) is 0 Å². The number of rotatable bonds is 7. The van der Waals surface area contributed by atoms with Crippen molar-refractivity contribution >= 4 is 56.6 Å². The Kier molecular flexibility index (Phi) is 6.89. The molecule has 0 aliphatic carbocycles. The quantitative estimate of drug-likeness (QED) is 0.170. The summed E-state index contributed by atoms with van der Waals surface area (Å²) >= 11 is 0. The largest absolute Gasteiger partial charge is 0.0984 e. The van der Waals surface area contributed by atoms with E-state index in [0.717, 1.165) is 38.8 Å². The van der Waals surface area contributed by atoms with Gasteiger partial charge in [-0.05, 0) is 100 Å². The molecule has 0 N–H and O–H groups in total. The van der Waals surface area contributed by atoms with Gasteiger partial charge in [0.15, 0.2) is 0 Å². The summed E-state index contributed by atoms with van der Waals surface area (Å²) in [6.07, 6.45) is 7.72. The predicted octanol–water partition coefficient (Wildman–Crippen LogP) is 12.7. The Hall–Kier alpha value is -5.72. The average molecular weight is 561 g/mol. The van der Waals surface area contributed by atoms with E-state index in [-0.39, 0.29) is 0 Å². The predicted molar refractivity (Wildman–Crippen MR) is 196 cm³/mol. The fourth-order valence-corrected chi connectivity index (χ4v) is 6.72. The van der Waals surface area contributed by atoms with E-state index in [1.54, 1.807) is 0 Å². The Morgan fingerprint density at radius 2 is 0.909 bits per heavy atom. The molecule has 0 amide bonds. The van der Waals surface area contributed by atoms with E-state index in [2.05, 4.69) is 148 Å². The van der Waals surface area contributed by atoms with E-state index < -0.39 is 0 Å². The molecule has 0 radical (unpaired) electrons. The molecule has 0 unspecified atom stereocenters. The molecule has 7 aromatic carbocycles. The lowest BCUT2D eigenvalue weighted by Crippen LogP contribution is -1.95. The molecule has 208 valence electrons. The van der Waals surface area contributed by atoms with Crippen LogP contribution in [0.1, 0.15) is 22.3 Å². The zero-order chi connectivity index (χ0) is 30.2.